The van der Waals surface area contributed by atoms with Crippen molar-refractivity contribution in [3.8, 4) is 0 Å². The molecule has 3 unspecified atom stereocenters. The van der Waals surface area contributed by atoms with Gasteiger partial charge in [-0.2, -0.15) is 0 Å². The smallest absolute Gasteiger partial charge is 0.231 e. The fraction of sp³-hybridized carbons (Fsp3) is 0.308. The molecular weight excluding hydrogens is 283 g/mol. The van der Waals surface area contributed by atoms with E-state index in [1.54, 1.807) is 23.9 Å². The topological polar surface area (TPSA) is 41.1 Å². The highest BCUT2D eigenvalue weighted by atomic mass is 32.2. The summed E-state index contributed by atoms with van der Waals surface area (Å²) in [4.78, 5) is 13.3. The molecule has 2 heterocycles. The van der Waals surface area contributed by atoms with Crippen LogP contribution in [0.15, 0.2) is 29.2 Å². The number of benzene rings is 1. The minimum atomic E-state index is -0.318. The Balaban J connectivity index is 1.98. The van der Waals surface area contributed by atoms with Crippen LogP contribution in [0.2, 0.25) is 0 Å². The van der Waals surface area contributed by atoms with Crippen molar-refractivity contribution in [2.75, 3.05) is 0 Å². The van der Waals surface area contributed by atoms with E-state index in [-0.39, 0.29) is 28.5 Å². The van der Waals surface area contributed by atoms with E-state index in [2.05, 4.69) is 23.3 Å². The monoisotopic (exact) mass is 296 g/mol. The zero-order valence-corrected chi connectivity index (χ0v) is 11.9. The maximum atomic E-state index is 13.0. The third kappa shape index (κ3) is 2.28. The molecule has 1 amide bonds. The van der Waals surface area contributed by atoms with Gasteiger partial charge in [-0.25, -0.2) is 4.39 Å². The number of fused-ring (bicyclic) bond motifs is 1. The molecule has 2 aliphatic rings. The van der Waals surface area contributed by atoms with Crippen LogP contribution < -0.4 is 10.6 Å². The van der Waals surface area contributed by atoms with Crippen molar-refractivity contribution in [1.29, 1.82) is 0 Å². The van der Waals surface area contributed by atoms with Crippen LogP contribution in [0.5, 0.6) is 0 Å². The second kappa shape index (κ2) is 4.85. The summed E-state index contributed by atoms with van der Waals surface area (Å²) in [5.41, 5.74) is 1.55. The summed E-state index contributed by atoms with van der Waals surface area (Å²) in [5, 5.41) is 6.00. The molecule has 6 heteroatoms. The lowest BCUT2D eigenvalue weighted by atomic mass is 9.90. The predicted molar refractivity (Wildman–Crippen MR) is 77.9 cm³/mol. The molecular formula is C13H13FN2OS2. The third-order valence-corrected chi connectivity index (χ3v) is 4.85. The van der Waals surface area contributed by atoms with Crippen LogP contribution in [-0.4, -0.2) is 16.8 Å². The lowest BCUT2D eigenvalue weighted by Gasteiger charge is -2.32. The molecule has 0 radical (unpaired) electrons. The first kappa shape index (κ1) is 13.0. The van der Waals surface area contributed by atoms with Crippen molar-refractivity contribution in [1.82, 2.24) is 10.6 Å². The van der Waals surface area contributed by atoms with Gasteiger partial charge < -0.3 is 5.32 Å². The van der Waals surface area contributed by atoms with E-state index in [1.165, 1.54) is 12.1 Å². The minimum Gasteiger partial charge on any atom is -0.331 e. The summed E-state index contributed by atoms with van der Waals surface area (Å²) in [5.74, 6) is -0.558. The molecule has 2 aliphatic heterocycles. The number of allylic oxidation sites excluding steroid dienone is 1. The first-order valence-corrected chi connectivity index (χ1v) is 7.34. The summed E-state index contributed by atoms with van der Waals surface area (Å²) in [7, 11) is 0. The first-order valence-electron chi connectivity index (χ1n) is 5.94. The van der Waals surface area contributed by atoms with Crippen molar-refractivity contribution in [3.05, 3.63) is 40.6 Å². The molecule has 3 nitrogen and oxygen atoms in total. The van der Waals surface area contributed by atoms with Crippen LogP contribution >= 0.6 is 24.4 Å². The number of rotatable bonds is 1. The average Bonchev–Trinajstić information content (AvgIpc) is 2.66. The molecule has 19 heavy (non-hydrogen) atoms. The highest BCUT2D eigenvalue weighted by molar-refractivity contribution is 8.04. The molecule has 1 aromatic carbocycles. The van der Waals surface area contributed by atoms with Gasteiger partial charge in [-0.05, 0) is 35.1 Å². The van der Waals surface area contributed by atoms with Gasteiger partial charge in [0.1, 0.15) is 11.3 Å². The summed E-state index contributed by atoms with van der Waals surface area (Å²) < 4.78 is 13.0. The molecule has 0 aliphatic carbocycles. The van der Waals surface area contributed by atoms with Gasteiger partial charge in [0, 0.05) is 0 Å². The molecule has 100 valence electrons. The van der Waals surface area contributed by atoms with Gasteiger partial charge >= 0.3 is 0 Å². The summed E-state index contributed by atoms with van der Waals surface area (Å²) in [6, 6.07) is 6.28. The summed E-state index contributed by atoms with van der Waals surface area (Å²) in [6.07, 6.45) is 0. The van der Waals surface area contributed by atoms with E-state index < -0.39 is 0 Å². The fourth-order valence-electron chi connectivity index (χ4n) is 2.53. The van der Waals surface area contributed by atoms with Crippen LogP contribution in [0, 0.1) is 11.7 Å². The fourth-order valence-corrected chi connectivity index (χ4v) is 4.27. The maximum Gasteiger partial charge on any atom is 0.231 e. The highest BCUT2D eigenvalue weighted by Crippen LogP contribution is 2.47. The van der Waals surface area contributed by atoms with Crippen molar-refractivity contribution in [3.63, 3.8) is 0 Å². The predicted octanol–water partition coefficient (Wildman–Crippen LogP) is 2.18. The standard InChI is InChI=1S/C13H13FN2OS2/c1-6-9(7-2-4-8(14)5-3-7)10-11(17)15-13(18)16-12(10)19-6/h2-5,10,12-13,16,18H,1H3,(H,15,17). The Bertz CT molecular complexity index is 558. The average molecular weight is 296 g/mol. The molecule has 1 saturated heterocycles. The second-order valence-corrected chi connectivity index (χ2v) is 6.44. The number of carbonyl (C=O) groups is 1. The van der Waals surface area contributed by atoms with Gasteiger partial charge in [0.25, 0.3) is 0 Å². The molecule has 3 atom stereocenters. The second-order valence-electron chi connectivity index (χ2n) is 4.57. The van der Waals surface area contributed by atoms with Gasteiger partial charge in [-0.15, -0.1) is 24.4 Å². The summed E-state index contributed by atoms with van der Waals surface area (Å²) >= 11 is 5.87. The number of hydrogen-bond acceptors (Lipinski definition) is 4. The van der Waals surface area contributed by atoms with Crippen LogP contribution in [0.25, 0.3) is 5.57 Å². The van der Waals surface area contributed by atoms with E-state index in [0.29, 0.717) is 0 Å². The van der Waals surface area contributed by atoms with Crippen LogP contribution in [0.3, 0.4) is 0 Å². The Labute approximate surface area is 120 Å². The largest absolute Gasteiger partial charge is 0.331 e. The van der Waals surface area contributed by atoms with Crippen molar-refractivity contribution in [2.24, 2.45) is 5.92 Å². The molecule has 0 aromatic heterocycles. The molecule has 1 aromatic rings. The van der Waals surface area contributed by atoms with Gasteiger partial charge in [0.05, 0.1) is 11.3 Å². The molecule has 0 bridgehead atoms. The lowest BCUT2D eigenvalue weighted by molar-refractivity contribution is -0.125. The van der Waals surface area contributed by atoms with Crippen molar-refractivity contribution in [2.45, 2.75) is 17.8 Å². The number of thiol groups is 1. The number of nitrogens with one attached hydrogen (secondary N) is 2. The van der Waals surface area contributed by atoms with Crippen LogP contribution in [0.1, 0.15) is 12.5 Å². The third-order valence-electron chi connectivity index (χ3n) is 3.34. The van der Waals surface area contributed by atoms with Crippen LogP contribution in [-0.2, 0) is 4.79 Å². The van der Waals surface area contributed by atoms with Crippen molar-refractivity contribution < 1.29 is 9.18 Å². The number of halogens is 1. The lowest BCUT2D eigenvalue weighted by Crippen LogP contribution is -2.57. The number of hydrogen-bond donors (Lipinski definition) is 3. The van der Waals surface area contributed by atoms with Crippen molar-refractivity contribution >= 4 is 35.9 Å². The Morgan fingerprint density at radius 3 is 2.68 bits per heavy atom. The molecule has 3 rings (SSSR count). The van der Waals surface area contributed by atoms with Gasteiger partial charge in [0.15, 0.2) is 0 Å². The van der Waals surface area contributed by atoms with E-state index >= 15 is 0 Å². The Hall–Kier alpha value is -0.980. The van der Waals surface area contributed by atoms with Gasteiger partial charge in [-0.3, -0.25) is 10.1 Å². The van der Waals surface area contributed by atoms with Crippen LogP contribution in [0.4, 0.5) is 4.39 Å². The van der Waals surface area contributed by atoms with E-state index in [4.69, 9.17) is 0 Å². The van der Waals surface area contributed by atoms with E-state index in [0.717, 1.165) is 16.0 Å². The molecule has 0 spiro atoms. The van der Waals surface area contributed by atoms with E-state index in [9.17, 15) is 9.18 Å². The number of carbonyl (C=O) groups excluding carboxylic acids is 1. The minimum absolute atomic E-state index is 0.00342. The zero-order chi connectivity index (χ0) is 13.6. The molecule has 2 N–H and O–H groups in total. The normalized spacial score (nSPS) is 30.3. The first-order chi connectivity index (χ1) is 9.06. The number of amides is 1. The SMILES string of the molecule is CC1=C(c2ccc(F)cc2)C2C(=O)NC(S)NC2S1. The zero-order valence-electron chi connectivity index (χ0n) is 10.2. The van der Waals surface area contributed by atoms with E-state index in [1.807, 2.05) is 6.92 Å². The Morgan fingerprint density at radius 1 is 1.32 bits per heavy atom. The Kier molecular flexibility index (Phi) is 3.32. The molecule has 0 saturated carbocycles. The maximum absolute atomic E-state index is 13.0. The Morgan fingerprint density at radius 2 is 2.00 bits per heavy atom. The molecule has 1 fully saturated rings. The summed E-state index contributed by atoms with van der Waals surface area (Å²) in [6.45, 7) is 1.99. The van der Waals surface area contributed by atoms with Gasteiger partial charge in [-0.1, -0.05) is 12.1 Å². The quantitative estimate of drug-likeness (QED) is 0.696. The highest BCUT2D eigenvalue weighted by Gasteiger charge is 2.43. The number of thioether (sulfide) groups is 1. The van der Waals surface area contributed by atoms with Gasteiger partial charge in [0.2, 0.25) is 5.91 Å².